The van der Waals surface area contributed by atoms with Crippen LogP contribution in [0, 0.1) is 30.4 Å². The van der Waals surface area contributed by atoms with Crippen molar-refractivity contribution in [3.05, 3.63) is 77.2 Å². The van der Waals surface area contributed by atoms with E-state index in [0.29, 0.717) is 23.6 Å². The first-order valence-electron chi connectivity index (χ1n) is 12.2. The summed E-state index contributed by atoms with van der Waals surface area (Å²) in [6.45, 7) is 5.90. The first-order valence-corrected chi connectivity index (χ1v) is 12.2. The molecule has 3 aromatic rings. The van der Waals surface area contributed by atoms with Crippen molar-refractivity contribution in [2.24, 2.45) is 22.7 Å². The van der Waals surface area contributed by atoms with E-state index < -0.39 is 17.5 Å². The van der Waals surface area contributed by atoms with Crippen LogP contribution in [0.1, 0.15) is 54.2 Å². The standard InChI is InChI=1S/C28H31F2N5O2/c1-15(2)19-12-17(13-22(31)26(19)35-37-4)18-10-11-32-14-24(18)34-28(36)23-9-8-21(30)27(33-23)25-16(3)6-5-7-20(25)29/h5-11,14-15,17,19,22H,12-13,31H2,1-4H3,(H,34,36)/b35-26-/t17?,19-,22?/m1/s1. The third kappa shape index (κ3) is 5.51. The topological polar surface area (TPSA) is 102 Å². The zero-order valence-corrected chi connectivity index (χ0v) is 21.3. The zero-order valence-electron chi connectivity index (χ0n) is 21.3. The van der Waals surface area contributed by atoms with Gasteiger partial charge < -0.3 is 15.9 Å². The molecule has 9 heteroatoms. The number of oxime groups is 1. The van der Waals surface area contributed by atoms with Crippen molar-refractivity contribution in [2.45, 2.75) is 45.6 Å². The van der Waals surface area contributed by atoms with E-state index in [0.717, 1.165) is 23.8 Å². The number of hydrogen-bond acceptors (Lipinski definition) is 6. The Labute approximate surface area is 215 Å². The molecular formula is C28H31F2N5O2. The lowest BCUT2D eigenvalue weighted by atomic mass is 9.70. The molecule has 194 valence electrons. The van der Waals surface area contributed by atoms with Gasteiger partial charge in [0.2, 0.25) is 0 Å². The van der Waals surface area contributed by atoms with E-state index in [1.54, 1.807) is 25.4 Å². The number of halogens is 2. The fourth-order valence-corrected chi connectivity index (χ4v) is 5.06. The van der Waals surface area contributed by atoms with Gasteiger partial charge >= 0.3 is 0 Å². The van der Waals surface area contributed by atoms with Gasteiger partial charge in [-0.25, -0.2) is 13.8 Å². The molecule has 0 radical (unpaired) electrons. The molecular weight excluding hydrogens is 476 g/mol. The maximum Gasteiger partial charge on any atom is 0.274 e. The number of rotatable bonds is 6. The molecule has 1 aromatic carbocycles. The van der Waals surface area contributed by atoms with Crippen molar-refractivity contribution in [3.8, 4) is 11.3 Å². The largest absolute Gasteiger partial charge is 0.399 e. The Balaban J connectivity index is 1.63. The molecule has 3 N–H and O–H groups in total. The Kier molecular flexibility index (Phi) is 7.92. The summed E-state index contributed by atoms with van der Waals surface area (Å²) in [5.41, 5.74) is 9.05. The molecule has 1 aliphatic carbocycles. The van der Waals surface area contributed by atoms with Crippen LogP contribution in [0.2, 0.25) is 0 Å². The van der Waals surface area contributed by atoms with Gasteiger partial charge in [-0.2, -0.15) is 0 Å². The smallest absolute Gasteiger partial charge is 0.274 e. The third-order valence-corrected chi connectivity index (χ3v) is 6.92. The molecule has 1 amide bonds. The first-order chi connectivity index (χ1) is 17.7. The number of hydrogen-bond donors (Lipinski definition) is 2. The number of aromatic nitrogens is 2. The Morgan fingerprint density at radius 1 is 1.16 bits per heavy atom. The molecule has 0 spiro atoms. The second-order valence-corrected chi connectivity index (χ2v) is 9.70. The monoisotopic (exact) mass is 507 g/mol. The van der Waals surface area contributed by atoms with Gasteiger partial charge in [0, 0.05) is 23.7 Å². The molecule has 3 atom stereocenters. The van der Waals surface area contributed by atoms with Gasteiger partial charge in [0.1, 0.15) is 30.1 Å². The summed E-state index contributed by atoms with van der Waals surface area (Å²) in [5, 5.41) is 7.07. The molecule has 1 saturated carbocycles. The summed E-state index contributed by atoms with van der Waals surface area (Å²) in [7, 11) is 1.52. The second kappa shape index (κ2) is 11.1. The number of nitrogens with two attached hydrogens (primary N) is 1. The minimum atomic E-state index is -0.712. The van der Waals surface area contributed by atoms with Gasteiger partial charge in [-0.15, -0.1) is 0 Å². The molecule has 0 bridgehead atoms. The fourth-order valence-electron chi connectivity index (χ4n) is 5.06. The number of carbonyl (C=O) groups is 1. The van der Waals surface area contributed by atoms with Crippen LogP contribution in [0.4, 0.5) is 14.5 Å². The Morgan fingerprint density at radius 2 is 1.95 bits per heavy atom. The van der Waals surface area contributed by atoms with Crippen LogP contribution >= 0.6 is 0 Å². The van der Waals surface area contributed by atoms with Crippen molar-refractivity contribution in [3.63, 3.8) is 0 Å². The number of nitrogens with zero attached hydrogens (tertiary/aromatic N) is 3. The Morgan fingerprint density at radius 3 is 2.65 bits per heavy atom. The van der Waals surface area contributed by atoms with E-state index in [1.165, 1.54) is 25.3 Å². The quantitative estimate of drug-likeness (QED) is 0.431. The summed E-state index contributed by atoms with van der Waals surface area (Å²) in [4.78, 5) is 26.6. The average Bonchev–Trinajstić information content (AvgIpc) is 2.86. The van der Waals surface area contributed by atoms with Crippen LogP contribution in [0.3, 0.4) is 0 Å². The van der Waals surface area contributed by atoms with Gasteiger partial charge in [0.05, 0.1) is 17.6 Å². The highest BCUT2D eigenvalue weighted by atomic mass is 19.1. The maximum atomic E-state index is 14.6. The fraction of sp³-hybridized carbons (Fsp3) is 0.357. The van der Waals surface area contributed by atoms with Gasteiger partial charge in [0.15, 0.2) is 0 Å². The minimum absolute atomic E-state index is 0.0289. The van der Waals surface area contributed by atoms with Gasteiger partial charge in [-0.1, -0.05) is 31.1 Å². The highest BCUT2D eigenvalue weighted by Crippen LogP contribution is 2.40. The molecule has 1 aliphatic rings. The summed E-state index contributed by atoms with van der Waals surface area (Å²) in [6, 6.07) is 8.42. The normalized spacial score (nSPS) is 20.8. The minimum Gasteiger partial charge on any atom is -0.399 e. The summed E-state index contributed by atoms with van der Waals surface area (Å²) < 4.78 is 29.1. The van der Waals surface area contributed by atoms with E-state index in [-0.39, 0.29) is 34.8 Å². The molecule has 2 unspecified atom stereocenters. The number of pyridine rings is 2. The van der Waals surface area contributed by atoms with E-state index in [4.69, 9.17) is 10.6 Å². The van der Waals surface area contributed by atoms with Crippen molar-refractivity contribution in [2.75, 3.05) is 12.4 Å². The summed E-state index contributed by atoms with van der Waals surface area (Å²) in [6.07, 6.45) is 4.66. The van der Waals surface area contributed by atoms with Gasteiger partial charge in [-0.05, 0) is 67.0 Å². The zero-order chi connectivity index (χ0) is 26.7. The molecule has 4 rings (SSSR count). The van der Waals surface area contributed by atoms with Crippen LogP contribution in [-0.2, 0) is 4.84 Å². The van der Waals surface area contributed by atoms with E-state index in [1.807, 2.05) is 6.07 Å². The van der Waals surface area contributed by atoms with Crippen molar-refractivity contribution < 1.29 is 18.4 Å². The van der Waals surface area contributed by atoms with Crippen LogP contribution in [0.5, 0.6) is 0 Å². The Bertz CT molecular complexity index is 1310. The molecule has 7 nitrogen and oxygen atoms in total. The lowest BCUT2D eigenvalue weighted by Gasteiger charge is -2.37. The predicted octanol–water partition coefficient (Wildman–Crippen LogP) is 5.46. The lowest BCUT2D eigenvalue weighted by Crippen LogP contribution is -2.44. The van der Waals surface area contributed by atoms with Gasteiger partial charge in [-0.3, -0.25) is 9.78 Å². The number of benzene rings is 1. The molecule has 0 saturated heterocycles. The van der Waals surface area contributed by atoms with Crippen molar-refractivity contribution in [1.82, 2.24) is 9.97 Å². The lowest BCUT2D eigenvalue weighted by molar-refractivity contribution is 0.102. The highest BCUT2D eigenvalue weighted by molar-refractivity contribution is 6.03. The van der Waals surface area contributed by atoms with Crippen molar-refractivity contribution in [1.29, 1.82) is 0 Å². The molecule has 1 fully saturated rings. The SMILES string of the molecule is CO/N=C1\C(N)CC(c2ccncc2NC(=O)c2ccc(F)c(-c3c(C)cccc3F)n2)C[C@@H]1C(C)C. The van der Waals surface area contributed by atoms with Crippen molar-refractivity contribution >= 4 is 17.3 Å². The molecule has 0 aliphatic heterocycles. The number of carbonyl (C=O) groups excluding carboxylic acids is 1. The summed E-state index contributed by atoms with van der Waals surface area (Å²) in [5.74, 6) is -1.40. The number of anilines is 1. The van der Waals surface area contributed by atoms with Crippen LogP contribution in [0.25, 0.3) is 11.3 Å². The van der Waals surface area contributed by atoms with Crippen LogP contribution in [-0.4, -0.2) is 34.7 Å². The summed E-state index contributed by atoms with van der Waals surface area (Å²) >= 11 is 0. The predicted molar refractivity (Wildman–Crippen MR) is 139 cm³/mol. The van der Waals surface area contributed by atoms with E-state index in [9.17, 15) is 13.6 Å². The first kappa shape index (κ1) is 26.3. The maximum absolute atomic E-state index is 14.6. The molecule has 2 aromatic heterocycles. The molecule has 2 heterocycles. The Hall–Kier alpha value is -3.72. The van der Waals surface area contributed by atoms with Crippen LogP contribution in [0.15, 0.2) is 53.9 Å². The number of nitrogens with one attached hydrogen (secondary N) is 1. The highest BCUT2D eigenvalue weighted by Gasteiger charge is 2.36. The van der Waals surface area contributed by atoms with E-state index in [2.05, 4.69) is 34.3 Å². The number of amides is 1. The van der Waals surface area contributed by atoms with Gasteiger partial charge in [0.25, 0.3) is 5.91 Å². The molecule has 37 heavy (non-hydrogen) atoms. The average molecular weight is 508 g/mol. The van der Waals surface area contributed by atoms with Crippen LogP contribution < -0.4 is 11.1 Å². The van der Waals surface area contributed by atoms with E-state index >= 15 is 0 Å². The second-order valence-electron chi connectivity index (χ2n) is 9.70. The third-order valence-electron chi connectivity index (χ3n) is 6.92. The number of aryl methyl sites for hydroxylation is 1.